The standard InChI is InChI=1S/C6F5.Al.BH3O3.2H/c7-2-1-3(8)5(10)6(11)4(2)9;;2-1(3)4;;/h;;2-4H;;. The molecule has 0 aliphatic carbocycles. The van der Waals surface area contributed by atoms with Gasteiger partial charge in [-0.25, -0.2) is 22.0 Å². The summed E-state index contributed by atoms with van der Waals surface area (Å²) < 4.78 is 61.0. The maximum Gasteiger partial charge on any atom is 0.631 e. The van der Waals surface area contributed by atoms with Crippen LogP contribution >= 0.6 is 0 Å². The second-order valence-electron chi connectivity index (χ2n) is 2.54. The molecule has 0 fully saturated rings. The molecule has 0 heterocycles. The second-order valence-corrected chi connectivity index (χ2v) is 3.54. The van der Waals surface area contributed by atoms with Crippen LogP contribution in [0.25, 0.3) is 0 Å². The Morgan fingerprint density at radius 3 is 1.12 bits per heavy atom. The molecule has 1 aromatic rings. The van der Waals surface area contributed by atoms with Gasteiger partial charge in [0.2, 0.25) is 0 Å². The molecule has 1 rings (SSSR count). The third-order valence-corrected chi connectivity index (χ3v) is 2.31. The maximum atomic E-state index is 12.4. The Bertz CT molecular complexity index is 281. The lowest BCUT2D eigenvalue weighted by atomic mass is 10.3. The molecule has 0 atom stereocenters. The molecular formula is C6H5AlBF5O3. The van der Waals surface area contributed by atoms with E-state index in [-0.39, 0.29) is 16.3 Å². The zero-order valence-electron chi connectivity index (χ0n) is 7.81. The van der Waals surface area contributed by atoms with Crippen molar-refractivity contribution in [3.8, 4) is 0 Å². The van der Waals surface area contributed by atoms with Gasteiger partial charge in [-0.1, -0.05) is 0 Å². The molecule has 0 aliphatic heterocycles. The van der Waals surface area contributed by atoms with Gasteiger partial charge in [-0.05, 0) is 4.43 Å². The quantitative estimate of drug-likeness (QED) is 0.232. The number of halogens is 5. The number of benzene rings is 1. The van der Waals surface area contributed by atoms with Crippen LogP contribution in [0.1, 0.15) is 0 Å². The average molecular weight is 258 g/mol. The SMILES string of the molecule is Fc1c(F)c(F)[c]([AlH2])c(F)c1F.OB(O)O. The van der Waals surface area contributed by atoms with E-state index >= 15 is 0 Å². The highest BCUT2D eigenvalue weighted by Crippen LogP contribution is 2.14. The van der Waals surface area contributed by atoms with Gasteiger partial charge in [0.25, 0.3) is 16.3 Å². The molecule has 1 aromatic carbocycles. The number of rotatable bonds is 0. The van der Waals surface area contributed by atoms with Crippen molar-refractivity contribution in [2.24, 2.45) is 0 Å². The molecule has 0 radical (unpaired) electrons. The summed E-state index contributed by atoms with van der Waals surface area (Å²) in [7, 11) is -2.17. The fraction of sp³-hybridized carbons (Fsp3) is 0. The molecule has 0 spiro atoms. The third kappa shape index (κ3) is 3.73. The van der Waals surface area contributed by atoms with Gasteiger partial charge in [0.1, 0.15) is 0 Å². The van der Waals surface area contributed by atoms with Gasteiger partial charge in [-0.2, -0.15) is 0 Å². The Morgan fingerprint density at radius 1 is 0.688 bits per heavy atom. The molecule has 88 valence electrons. The van der Waals surface area contributed by atoms with E-state index < -0.39 is 40.8 Å². The summed E-state index contributed by atoms with van der Waals surface area (Å²) in [4.78, 5) is 0. The van der Waals surface area contributed by atoms with Crippen molar-refractivity contribution >= 4 is 28.0 Å². The summed E-state index contributed by atoms with van der Waals surface area (Å²) >= 11 is -0.223. The summed E-state index contributed by atoms with van der Waals surface area (Å²) in [5.41, 5.74) is 0. The summed E-state index contributed by atoms with van der Waals surface area (Å²) in [5, 5.41) is 21.5. The highest BCUT2D eigenvalue weighted by molar-refractivity contribution is 6.32. The molecule has 10 heteroatoms. The third-order valence-electron chi connectivity index (χ3n) is 1.43. The Kier molecular flexibility index (Phi) is 5.92. The normalized spacial score (nSPS) is 9.50. The average Bonchev–Trinajstić information content (AvgIpc) is 2.20. The number of hydrogen-bond acceptors (Lipinski definition) is 3. The van der Waals surface area contributed by atoms with Gasteiger partial charge in [-0.3, -0.25) is 0 Å². The van der Waals surface area contributed by atoms with Crippen LogP contribution in [0, 0.1) is 29.1 Å². The van der Waals surface area contributed by atoms with Crippen LogP contribution in [-0.4, -0.2) is 38.7 Å². The van der Waals surface area contributed by atoms with Crippen LogP contribution in [-0.2, 0) is 0 Å². The molecule has 3 N–H and O–H groups in total. The maximum absolute atomic E-state index is 12.4. The fourth-order valence-electron chi connectivity index (χ4n) is 0.715. The van der Waals surface area contributed by atoms with Gasteiger partial charge >= 0.3 is 7.32 Å². The molecule has 16 heavy (non-hydrogen) atoms. The van der Waals surface area contributed by atoms with E-state index in [1.807, 2.05) is 0 Å². The first kappa shape index (κ1) is 15.3. The summed E-state index contributed by atoms with van der Waals surface area (Å²) in [6.07, 6.45) is 0. The lowest BCUT2D eigenvalue weighted by Gasteiger charge is -2.02. The molecule has 0 unspecified atom stereocenters. The Balaban J connectivity index is 0.000000487. The van der Waals surface area contributed by atoms with E-state index in [0.29, 0.717) is 0 Å². The Labute approximate surface area is 94.7 Å². The van der Waals surface area contributed by atoms with Crippen LogP contribution in [0.5, 0.6) is 0 Å². The lowest BCUT2D eigenvalue weighted by Crippen LogP contribution is -2.20. The lowest BCUT2D eigenvalue weighted by molar-refractivity contribution is 0.278. The van der Waals surface area contributed by atoms with Gasteiger partial charge in [-0.15, -0.1) is 0 Å². The Morgan fingerprint density at radius 2 is 0.875 bits per heavy atom. The molecule has 0 aromatic heterocycles. The summed E-state index contributed by atoms with van der Waals surface area (Å²) in [5.74, 6) is -9.31. The van der Waals surface area contributed by atoms with Gasteiger partial charge in [0.15, 0.2) is 29.1 Å². The Hall–Kier alpha value is -0.653. The minimum absolute atomic E-state index is 0.223. The molecular weight excluding hydrogens is 253 g/mol. The van der Waals surface area contributed by atoms with E-state index in [1.54, 1.807) is 0 Å². The summed E-state index contributed by atoms with van der Waals surface area (Å²) in [6, 6.07) is 0. The topological polar surface area (TPSA) is 60.7 Å². The van der Waals surface area contributed by atoms with E-state index in [9.17, 15) is 22.0 Å². The van der Waals surface area contributed by atoms with E-state index in [0.717, 1.165) is 0 Å². The van der Waals surface area contributed by atoms with Crippen molar-refractivity contribution in [1.29, 1.82) is 0 Å². The first-order valence-electron chi connectivity index (χ1n) is 3.72. The minimum atomic E-state index is -2.17. The van der Waals surface area contributed by atoms with Gasteiger partial charge in [0, 0.05) is 0 Å². The van der Waals surface area contributed by atoms with Crippen molar-refractivity contribution in [3.05, 3.63) is 29.1 Å². The van der Waals surface area contributed by atoms with Crippen molar-refractivity contribution in [2.75, 3.05) is 0 Å². The molecule has 0 amide bonds. The van der Waals surface area contributed by atoms with Crippen LogP contribution in [0.15, 0.2) is 0 Å². The van der Waals surface area contributed by atoms with E-state index in [1.165, 1.54) is 0 Å². The molecule has 3 nitrogen and oxygen atoms in total. The highest BCUT2D eigenvalue weighted by atomic mass is 27.0. The highest BCUT2D eigenvalue weighted by Gasteiger charge is 2.22. The molecule has 0 saturated carbocycles. The van der Waals surface area contributed by atoms with Crippen molar-refractivity contribution < 1.29 is 37.0 Å². The van der Waals surface area contributed by atoms with Gasteiger partial charge in [0.05, 0.1) is 0 Å². The van der Waals surface area contributed by atoms with E-state index in [4.69, 9.17) is 15.1 Å². The first-order valence-corrected chi connectivity index (χ1v) is 4.72. The fourth-order valence-corrected chi connectivity index (χ4v) is 1.15. The monoisotopic (exact) mass is 258 g/mol. The van der Waals surface area contributed by atoms with Crippen molar-refractivity contribution in [1.82, 2.24) is 0 Å². The predicted molar refractivity (Wildman–Crippen MR) is 46.8 cm³/mol. The van der Waals surface area contributed by atoms with Gasteiger partial charge < -0.3 is 15.1 Å². The van der Waals surface area contributed by atoms with Crippen LogP contribution in [0.4, 0.5) is 22.0 Å². The first-order chi connectivity index (χ1) is 7.20. The van der Waals surface area contributed by atoms with Crippen LogP contribution in [0.3, 0.4) is 0 Å². The van der Waals surface area contributed by atoms with E-state index in [2.05, 4.69) is 0 Å². The molecule has 0 bridgehead atoms. The van der Waals surface area contributed by atoms with Crippen molar-refractivity contribution in [2.45, 2.75) is 0 Å². The van der Waals surface area contributed by atoms with Crippen molar-refractivity contribution in [3.63, 3.8) is 0 Å². The van der Waals surface area contributed by atoms with Crippen LogP contribution < -0.4 is 4.43 Å². The zero-order valence-corrected chi connectivity index (χ0v) is 9.81. The minimum Gasteiger partial charge on any atom is -0.402 e. The smallest absolute Gasteiger partial charge is 0.402 e. The predicted octanol–water partition coefficient (Wildman–Crippen LogP) is -1.41. The zero-order chi connectivity index (χ0) is 13.0. The largest absolute Gasteiger partial charge is 0.631 e. The molecule has 0 aliphatic rings. The molecule has 0 saturated heterocycles. The second kappa shape index (κ2) is 6.17. The van der Waals surface area contributed by atoms with Crippen LogP contribution in [0.2, 0.25) is 0 Å². The summed E-state index contributed by atoms with van der Waals surface area (Å²) in [6.45, 7) is 0. The number of hydrogen-bond donors (Lipinski definition) is 3.